The minimum Gasteiger partial charge on any atom is -0.497 e. The zero-order valence-corrected chi connectivity index (χ0v) is 24.3. The average Bonchev–Trinajstić information content (AvgIpc) is 2.96. The Hall–Kier alpha value is -4.01. The van der Waals surface area contributed by atoms with Gasteiger partial charge in [-0.2, -0.15) is 0 Å². The monoisotopic (exact) mass is 578 g/mol. The van der Waals surface area contributed by atoms with Gasteiger partial charge in [-0.15, -0.1) is 0 Å². The number of hydrogen-bond acceptors (Lipinski definition) is 5. The van der Waals surface area contributed by atoms with Crippen molar-refractivity contribution in [1.29, 1.82) is 0 Å². The van der Waals surface area contributed by atoms with Crippen molar-refractivity contribution in [2.24, 2.45) is 0 Å². The molecule has 4 aromatic carbocycles. The highest BCUT2D eigenvalue weighted by Gasteiger charge is 2.29. The number of sulfonamides is 1. The topological polar surface area (TPSA) is 84.9 Å². The normalized spacial score (nSPS) is 11.9. The van der Waals surface area contributed by atoms with Crippen LogP contribution in [0.25, 0.3) is 0 Å². The number of rotatable bonds is 10. The second kappa shape index (κ2) is 12.4. The third-order valence-electron chi connectivity index (χ3n) is 6.52. The molecule has 0 aliphatic carbocycles. The van der Waals surface area contributed by atoms with Crippen molar-refractivity contribution in [3.8, 4) is 11.5 Å². The predicted molar refractivity (Wildman–Crippen MR) is 158 cm³/mol. The number of anilines is 1. The third-order valence-corrected chi connectivity index (χ3v) is 8.54. The molecule has 0 aliphatic heterocycles. The van der Waals surface area contributed by atoms with Crippen LogP contribution in [-0.4, -0.2) is 28.5 Å². The Kier molecular flexibility index (Phi) is 9.02. The summed E-state index contributed by atoms with van der Waals surface area (Å²) in [7, 11) is -0.932. The first-order chi connectivity index (χ1) is 19.1. The molecule has 0 saturated carbocycles. The van der Waals surface area contributed by atoms with Crippen LogP contribution in [-0.2, 0) is 16.6 Å². The largest absolute Gasteiger partial charge is 0.497 e. The lowest BCUT2D eigenvalue weighted by atomic mass is 10.1. The van der Waals surface area contributed by atoms with Crippen molar-refractivity contribution >= 4 is 33.2 Å². The van der Waals surface area contributed by atoms with Crippen LogP contribution < -0.4 is 19.1 Å². The fourth-order valence-corrected chi connectivity index (χ4v) is 5.90. The first-order valence-corrected chi connectivity index (χ1v) is 14.4. The molecule has 4 rings (SSSR count). The molecule has 0 unspecified atom stereocenters. The number of benzene rings is 4. The SMILES string of the molecule is COc1ccc(OC)c([C@H](C)NC(=O)c2ccccc2N(Cc2ccc(Cl)cc2)S(=O)(=O)c2ccc(C)cc2)c1. The van der Waals surface area contributed by atoms with Gasteiger partial charge in [0.2, 0.25) is 0 Å². The van der Waals surface area contributed by atoms with E-state index in [1.54, 1.807) is 105 Å². The summed E-state index contributed by atoms with van der Waals surface area (Å²) in [6.07, 6.45) is 0. The van der Waals surface area contributed by atoms with Gasteiger partial charge in [0.05, 0.1) is 43.0 Å². The fraction of sp³-hybridized carbons (Fsp3) is 0.194. The molecule has 0 bridgehead atoms. The maximum atomic E-state index is 14.0. The molecule has 40 heavy (non-hydrogen) atoms. The van der Waals surface area contributed by atoms with E-state index in [4.69, 9.17) is 21.1 Å². The summed E-state index contributed by atoms with van der Waals surface area (Å²) < 4.78 is 40.1. The third kappa shape index (κ3) is 6.41. The Morgan fingerprint density at radius 3 is 2.25 bits per heavy atom. The predicted octanol–water partition coefficient (Wildman–Crippen LogP) is 6.55. The van der Waals surface area contributed by atoms with Crippen molar-refractivity contribution in [2.45, 2.75) is 31.3 Å². The smallest absolute Gasteiger partial charge is 0.264 e. The van der Waals surface area contributed by atoms with Crippen LogP contribution >= 0.6 is 11.6 Å². The number of nitrogens with one attached hydrogen (secondary N) is 1. The molecular weight excluding hydrogens is 548 g/mol. The van der Waals surface area contributed by atoms with Gasteiger partial charge in [0.15, 0.2) is 0 Å². The van der Waals surface area contributed by atoms with E-state index in [0.717, 1.165) is 11.1 Å². The lowest BCUT2D eigenvalue weighted by Crippen LogP contribution is -2.34. The van der Waals surface area contributed by atoms with Crippen LogP contribution in [0.5, 0.6) is 11.5 Å². The molecule has 4 aromatic rings. The second-order valence-electron chi connectivity index (χ2n) is 9.27. The highest BCUT2D eigenvalue weighted by atomic mass is 35.5. The van der Waals surface area contributed by atoms with Gasteiger partial charge in [0, 0.05) is 10.6 Å². The standard InChI is InChI=1S/C31H31ClN2O5S/c1-21-9-16-26(17-10-21)40(36,37)34(20-23-11-13-24(32)14-12-23)29-8-6-5-7-27(29)31(35)33-22(2)28-19-25(38-3)15-18-30(28)39-4/h5-19,22H,20H2,1-4H3,(H,33,35)/t22-/m0/s1. The molecule has 0 aliphatic rings. The second-order valence-corrected chi connectivity index (χ2v) is 11.6. The van der Waals surface area contributed by atoms with Crippen LogP contribution in [0.2, 0.25) is 5.02 Å². The van der Waals surface area contributed by atoms with E-state index in [0.29, 0.717) is 22.1 Å². The maximum Gasteiger partial charge on any atom is 0.264 e. The van der Waals surface area contributed by atoms with E-state index in [9.17, 15) is 13.2 Å². The summed E-state index contributed by atoms with van der Waals surface area (Å²) in [5, 5.41) is 3.53. The Morgan fingerprint density at radius 2 is 1.60 bits per heavy atom. The van der Waals surface area contributed by atoms with Crippen molar-refractivity contribution in [1.82, 2.24) is 5.32 Å². The molecule has 1 amide bonds. The average molecular weight is 579 g/mol. The summed E-state index contributed by atoms with van der Waals surface area (Å²) in [4.78, 5) is 13.8. The molecule has 0 radical (unpaired) electrons. The summed E-state index contributed by atoms with van der Waals surface area (Å²) in [5.41, 5.74) is 2.83. The molecule has 9 heteroatoms. The van der Waals surface area contributed by atoms with Gasteiger partial charge in [0.25, 0.3) is 15.9 Å². The van der Waals surface area contributed by atoms with Gasteiger partial charge in [-0.3, -0.25) is 9.10 Å². The van der Waals surface area contributed by atoms with E-state index in [1.165, 1.54) is 4.31 Å². The minimum atomic E-state index is -4.05. The number of amides is 1. The van der Waals surface area contributed by atoms with Crippen LogP contribution in [0, 0.1) is 6.92 Å². The number of carbonyl (C=O) groups excluding carboxylic acids is 1. The number of nitrogens with zero attached hydrogens (tertiary/aromatic N) is 1. The van der Waals surface area contributed by atoms with Crippen molar-refractivity contribution < 1.29 is 22.7 Å². The molecule has 1 N–H and O–H groups in total. The van der Waals surface area contributed by atoms with E-state index in [-0.39, 0.29) is 22.7 Å². The van der Waals surface area contributed by atoms with E-state index in [2.05, 4.69) is 5.32 Å². The molecule has 0 saturated heterocycles. The van der Waals surface area contributed by atoms with Gasteiger partial charge in [-0.05, 0) is 74.0 Å². The molecule has 0 spiro atoms. The van der Waals surface area contributed by atoms with Gasteiger partial charge in [0.1, 0.15) is 11.5 Å². The van der Waals surface area contributed by atoms with Crippen molar-refractivity contribution in [3.05, 3.63) is 118 Å². The van der Waals surface area contributed by atoms with Gasteiger partial charge < -0.3 is 14.8 Å². The molecule has 0 fully saturated rings. The first-order valence-electron chi connectivity index (χ1n) is 12.6. The number of aryl methyl sites for hydroxylation is 1. The van der Waals surface area contributed by atoms with Gasteiger partial charge in [-0.25, -0.2) is 8.42 Å². The molecule has 0 heterocycles. The highest BCUT2D eigenvalue weighted by Crippen LogP contribution is 2.32. The Bertz CT molecular complexity index is 1590. The van der Waals surface area contributed by atoms with Crippen LogP contribution in [0.1, 0.15) is 40.0 Å². The van der Waals surface area contributed by atoms with Crippen LogP contribution in [0.3, 0.4) is 0 Å². The minimum absolute atomic E-state index is 0.00304. The number of hydrogen-bond donors (Lipinski definition) is 1. The van der Waals surface area contributed by atoms with E-state index < -0.39 is 22.0 Å². The van der Waals surface area contributed by atoms with E-state index in [1.807, 2.05) is 13.8 Å². The van der Waals surface area contributed by atoms with Crippen molar-refractivity contribution in [3.63, 3.8) is 0 Å². The summed E-state index contributed by atoms with van der Waals surface area (Å²) in [6.45, 7) is 3.71. The number of para-hydroxylation sites is 1. The molecule has 208 valence electrons. The molecular formula is C31H31ClN2O5S. The Labute approximate surface area is 240 Å². The van der Waals surface area contributed by atoms with Gasteiger partial charge >= 0.3 is 0 Å². The molecule has 7 nitrogen and oxygen atoms in total. The Balaban J connectivity index is 1.75. The lowest BCUT2D eigenvalue weighted by molar-refractivity contribution is 0.0940. The van der Waals surface area contributed by atoms with Crippen molar-refractivity contribution in [2.75, 3.05) is 18.5 Å². The zero-order valence-electron chi connectivity index (χ0n) is 22.7. The highest BCUT2D eigenvalue weighted by molar-refractivity contribution is 7.92. The molecule has 1 atom stereocenters. The van der Waals surface area contributed by atoms with Crippen LogP contribution in [0.4, 0.5) is 5.69 Å². The molecule has 0 aromatic heterocycles. The number of halogens is 1. The van der Waals surface area contributed by atoms with Gasteiger partial charge in [-0.1, -0.05) is 53.6 Å². The lowest BCUT2D eigenvalue weighted by Gasteiger charge is -2.27. The summed E-state index contributed by atoms with van der Waals surface area (Å²) >= 11 is 6.07. The quantitative estimate of drug-likeness (QED) is 0.231. The summed E-state index contributed by atoms with van der Waals surface area (Å²) in [5.74, 6) is 0.775. The maximum absolute atomic E-state index is 14.0. The van der Waals surface area contributed by atoms with Crippen LogP contribution in [0.15, 0.2) is 95.9 Å². The van der Waals surface area contributed by atoms with E-state index >= 15 is 0 Å². The Morgan fingerprint density at radius 1 is 0.925 bits per heavy atom. The number of carbonyl (C=O) groups is 1. The summed E-state index contributed by atoms with van der Waals surface area (Å²) in [6, 6.07) is 25.1. The number of methoxy groups -OCH3 is 2. The zero-order chi connectivity index (χ0) is 28.9. The number of ether oxygens (including phenoxy) is 2. The first kappa shape index (κ1) is 29.0. The fourth-order valence-electron chi connectivity index (χ4n) is 4.31.